The summed E-state index contributed by atoms with van der Waals surface area (Å²) in [6.07, 6.45) is 0. The van der Waals surface area contributed by atoms with E-state index >= 15 is 0 Å². The molecule has 0 amide bonds. The lowest BCUT2D eigenvalue weighted by Crippen LogP contribution is -1.99. The van der Waals surface area contributed by atoms with Gasteiger partial charge in [-0.15, -0.1) is 0 Å². The van der Waals surface area contributed by atoms with Gasteiger partial charge in [0.15, 0.2) is 0 Å². The Bertz CT molecular complexity index is 555. The van der Waals surface area contributed by atoms with E-state index in [1.807, 2.05) is 32.2 Å². The fourth-order valence-corrected chi connectivity index (χ4v) is 2.04. The van der Waals surface area contributed by atoms with Gasteiger partial charge in [0.2, 0.25) is 0 Å². The lowest BCUT2D eigenvalue weighted by atomic mass is 10.1. The third kappa shape index (κ3) is 2.21. The number of fused-ring (bicyclic) bond motifs is 1. The van der Waals surface area contributed by atoms with Crippen molar-refractivity contribution in [1.29, 1.82) is 0 Å². The molecule has 1 aromatic carbocycles. The Morgan fingerprint density at radius 2 is 2.18 bits per heavy atom. The smallest absolute Gasteiger partial charge is 0.0885 e. The third-order valence-electron chi connectivity index (χ3n) is 2.78. The summed E-state index contributed by atoms with van der Waals surface area (Å²) >= 11 is 6.12. The van der Waals surface area contributed by atoms with Gasteiger partial charge in [0, 0.05) is 30.3 Å². The average Bonchev–Trinajstić information content (AvgIpc) is 2.34. The molecule has 1 aromatic heterocycles. The van der Waals surface area contributed by atoms with E-state index in [0.717, 1.165) is 32.9 Å². The molecule has 4 heteroatoms. The monoisotopic (exact) mass is 250 g/mol. The largest absolute Gasteiger partial charge is 0.388 e. The van der Waals surface area contributed by atoms with Crippen LogP contribution in [0.3, 0.4) is 0 Å². The van der Waals surface area contributed by atoms with Crippen molar-refractivity contribution in [1.82, 2.24) is 4.98 Å². The van der Waals surface area contributed by atoms with Gasteiger partial charge in [-0.25, -0.2) is 4.98 Å². The molecule has 2 rings (SSSR count). The number of rotatable bonds is 3. The Labute approximate surface area is 106 Å². The summed E-state index contributed by atoms with van der Waals surface area (Å²) in [5.74, 6) is 0. The highest BCUT2D eigenvalue weighted by Gasteiger charge is 2.09. The number of aromatic nitrogens is 1. The van der Waals surface area contributed by atoms with Gasteiger partial charge in [0.25, 0.3) is 0 Å². The van der Waals surface area contributed by atoms with Gasteiger partial charge < -0.3 is 10.1 Å². The van der Waals surface area contributed by atoms with Gasteiger partial charge in [-0.1, -0.05) is 11.6 Å². The van der Waals surface area contributed by atoms with E-state index in [0.29, 0.717) is 6.61 Å². The van der Waals surface area contributed by atoms with Crippen LogP contribution < -0.4 is 5.32 Å². The molecule has 0 saturated carbocycles. The Hall–Kier alpha value is -1.32. The third-order valence-corrected chi connectivity index (χ3v) is 3.19. The summed E-state index contributed by atoms with van der Waals surface area (Å²) in [6, 6.07) is 5.89. The van der Waals surface area contributed by atoms with E-state index in [1.165, 1.54) is 0 Å². The molecule has 0 unspecified atom stereocenters. The predicted molar refractivity (Wildman–Crippen MR) is 71.7 cm³/mol. The number of hydrogen-bond donors (Lipinski definition) is 1. The fourth-order valence-electron chi connectivity index (χ4n) is 1.89. The lowest BCUT2D eigenvalue weighted by Gasteiger charge is -2.11. The molecule has 90 valence electrons. The molecule has 0 aliphatic rings. The molecule has 0 aliphatic heterocycles. The summed E-state index contributed by atoms with van der Waals surface area (Å²) < 4.78 is 5.12. The zero-order valence-electron chi connectivity index (χ0n) is 10.2. The first-order valence-corrected chi connectivity index (χ1v) is 5.80. The van der Waals surface area contributed by atoms with Crippen LogP contribution in [-0.4, -0.2) is 19.1 Å². The summed E-state index contributed by atoms with van der Waals surface area (Å²) in [4.78, 5) is 4.58. The van der Waals surface area contributed by atoms with Crippen LogP contribution in [0.2, 0.25) is 5.02 Å². The summed E-state index contributed by atoms with van der Waals surface area (Å²) in [5, 5.41) is 4.99. The average molecular weight is 251 g/mol. The molecule has 0 radical (unpaired) electrons. The maximum Gasteiger partial charge on any atom is 0.0885 e. The molecule has 0 bridgehead atoms. The summed E-state index contributed by atoms with van der Waals surface area (Å²) in [6.45, 7) is 2.48. The maximum absolute atomic E-state index is 6.12. The van der Waals surface area contributed by atoms with Crippen LogP contribution >= 0.6 is 11.6 Å². The Morgan fingerprint density at radius 1 is 1.41 bits per heavy atom. The lowest BCUT2D eigenvalue weighted by molar-refractivity contribution is 0.182. The van der Waals surface area contributed by atoms with Crippen molar-refractivity contribution >= 4 is 28.2 Å². The number of hydrogen-bond acceptors (Lipinski definition) is 3. The second-order valence-electron chi connectivity index (χ2n) is 3.91. The van der Waals surface area contributed by atoms with Gasteiger partial charge >= 0.3 is 0 Å². The molecular weight excluding hydrogens is 236 g/mol. The number of benzene rings is 1. The topological polar surface area (TPSA) is 34.1 Å². The molecule has 1 N–H and O–H groups in total. The maximum atomic E-state index is 6.12. The van der Waals surface area contributed by atoms with E-state index in [2.05, 4.69) is 10.3 Å². The molecule has 0 aliphatic carbocycles. The van der Waals surface area contributed by atoms with Crippen LogP contribution in [0.1, 0.15) is 11.3 Å². The minimum absolute atomic E-state index is 0.497. The van der Waals surface area contributed by atoms with E-state index in [4.69, 9.17) is 16.3 Å². The normalized spacial score (nSPS) is 10.8. The minimum Gasteiger partial charge on any atom is -0.388 e. The van der Waals surface area contributed by atoms with Gasteiger partial charge in [0.05, 0.1) is 17.8 Å². The van der Waals surface area contributed by atoms with Gasteiger partial charge in [0.1, 0.15) is 0 Å². The minimum atomic E-state index is 0.497. The summed E-state index contributed by atoms with van der Waals surface area (Å²) in [5.41, 5.74) is 3.87. The molecule has 0 saturated heterocycles. The van der Waals surface area contributed by atoms with Crippen molar-refractivity contribution in [2.75, 3.05) is 19.5 Å². The molecule has 0 spiro atoms. The van der Waals surface area contributed by atoms with Crippen LogP contribution in [0.15, 0.2) is 18.2 Å². The fraction of sp³-hybridized carbons (Fsp3) is 0.308. The first-order valence-electron chi connectivity index (χ1n) is 5.42. The Morgan fingerprint density at radius 3 is 2.82 bits per heavy atom. The van der Waals surface area contributed by atoms with Crippen LogP contribution in [0.4, 0.5) is 5.69 Å². The highest BCUT2D eigenvalue weighted by atomic mass is 35.5. The number of nitrogens with one attached hydrogen (secondary N) is 1. The van der Waals surface area contributed by atoms with Crippen molar-refractivity contribution in [3.05, 3.63) is 34.5 Å². The second kappa shape index (κ2) is 4.90. The zero-order valence-corrected chi connectivity index (χ0v) is 10.9. The van der Waals surface area contributed by atoms with Crippen LogP contribution in [0, 0.1) is 6.92 Å². The quantitative estimate of drug-likeness (QED) is 0.907. The Balaban J connectivity index is 2.73. The van der Waals surface area contributed by atoms with E-state index in [-0.39, 0.29) is 0 Å². The van der Waals surface area contributed by atoms with Crippen molar-refractivity contribution in [2.45, 2.75) is 13.5 Å². The van der Waals surface area contributed by atoms with Gasteiger partial charge in [-0.3, -0.25) is 0 Å². The van der Waals surface area contributed by atoms with E-state index in [9.17, 15) is 0 Å². The summed E-state index contributed by atoms with van der Waals surface area (Å²) in [7, 11) is 3.56. The second-order valence-corrected chi connectivity index (χ2v) is 4.32. The van der Waals surface area contributed by atoms with E-state index < -0.39 is 0 Å². The van der Waals surface area contributed by atoms with Crippen LogP contribution in [-0.2, 0) is 11.3 Å². The molecule has 2 aromatic rings. The number of halogens is 1. The molecule has 0 atom stereocenters. The molecule has 0 fully saturated rings. The molecular formula is C13H15ClN2O. The number of methoxy groups -OCH3 is 1. The standard InChI is InChI=1S/C13H15ClN2O/c1-8-11(14)5-4-10-12(15-2)6-9(7-17-3)16-13(8)10/h4-6H,7H2,1-3H3,(H,15,16). The molecule has 17 heavy (non-hydrogen) atoms. The first kappa shape index (κ1) is 12.1. The SMILES string of the molecule is CNc1cc(COC)nc2c(C)c(Cl)ccc12. The van der Waals surface area contributed by atoms with Crippen molar-refractivity contribution in [3.63, 3.8) is 0 Å². The number of aryl methyl sites for hydroxylation is 1. The first-order chi connectivity index (χ1) is 8.17. The number of ether oxygens (including phenoxy) is 1. The number of nitrogens with zero attached hydrogens (tertiary/aromatic N) is 1. The van der Waals surface area contributed by atoms with Crippen molar-refractivity contribution in [2.24, 2.45) is 0 Å². The molecule has 1 heterocycles. The van der Waals surface area contributed by atoms with Crippen LogP contribution in [0.25, 0.3) is 10.9 Å². The van der Waals surface area contributed by atoms with Gasteiger partial charge in [-0.2, -0.15) is 0 Å². The number of anilines is 1. The zero-order chi connectivity index (χ0) is 12.4. The Kier molecular flexibility index (Phi) is 3.50. The van der Waals surface area contributed by atoms with Crippen LogP contribution in [0.5, 0.6) is 0 Å². The highest BCUT2D eigenvalue weighted by molar-refractivity contribution is 6.32. The predicted octanol–water partition coefficient (Wildman–Crippen LogP) is 3.38. The highest BCUT2D eigenvalue weighted by Crippen LogP contribution is 2.29. The number of pyridine rings is 1. The van der Waals surface area contributed by atoms with Gasteiger partial charge in [-0.05, 0) is 30.7 Å². The van der Waals surface area contributed by atoms with E-state index in [1.54, 1.807) is 7.11 Å². The molecule has 3 nitrogen and oxygen atoms in total. The van der Waals surface area contributed by atoms with Crippen molar-refractivity contribution in [3.8, 4) is 0 Å². The van der Waals surface area contributed by atoms with Crippen molar-refractivity contribution < 1.29 is 4.74 Å².